The number of carbonyl (C=O) groups excluding carboxylic acids is 2. The molecular formula is C12H14O5. The number of methoxy groups -OCH3 is 2. The molecule has 5 heteroatoms. The first-order valence-electron chi connectivity index (χ1n) is 5.07. The Morgan fingerprint density at radius 3 is 2.41 bits per heavy atom. The van der Waals surface area contributed by atoms with Crippen molar-refractivity contribution in [3.8, 4) is 5.75 Å². The van der Waals surface area contributed by atoms with E-state index in [2.05, 4.69) is 4.74 Å². The third-order valence-corrected chi connectivity index (χ3v) is 2.12. The second-order valence-corrected chi connectivity index (χ2v) is 3.13. The van der Waals surface area contributed by atoms with Crippen LogP contribution in [0.15, 0.2) is 18.2 Å². The number of carbonyl (C=O) groups is 2. The van der Waals surface area contributed by atoms with Gasteiger partial charge in [-0.05, 0) is 25.1 Å². The first kappa shape index (κ1) is 13.0. The third kappa shape index (κ3) is 2.96. The molecule has 0 fully saturated rings. The predicted octanol–water partition coefficient (Wildman–Crippen LogP) is 1.66. The number of rotatable bonds is 4. The topological polar surface area (TPSA) is 61.8 Å². The summed E-state index contributed by atoms with van der Waals surface area (Å²) in [5.74, 6) is -0.696. The molecule has 0 heterocycles. The van der Waals surface area contributed by atoms with Gasteiger partial charge in [0.05, 0.1) is 26.4 Å². The van der Waals surface area contributed by atoms with Gasteiger partial charge in [-0.25, -0.2) is 9.59 Å². The van der Waals surface area contributed by atoms with Crippen LogP contribution in [0.25, 0.3) is 0 Å². The van der Waals surface area contributed by atoms with Crippen LogP contribution in [0.5, 0.6) is 5.75 Å². The van der Waals surface area contributed by atoms with E-state index >= 15 is 0 Å². The van der Waals surface area contributed by atoms with Crippen LogP contribution < -0.4 is 4.74 Å². The fraction of sp³-hybridized carbons (Fsp3) is 0.333. The predicted molar refractivity (Wildman–Crippen MR) is 60.3 cm³/mol. The van der Waals surface area contributed by atoms with Gasteiger partial charge >= 0.3 is 11.9 Å². The molecule has 0 atom stereocenters. The van der Waals surface area contributed by atoms with E-state index in [1.54, 1.807) is 6.92 Å². The highest BCUT2D eigenvalue weighted by Gasteiger charge is 2.16. The van der Waals surface area contributed by atoms with E-state index in [9.17, 15) is 9.59 Å². The minimum absolute atomic E-state index is 0.195. The van der Waals surface area contributed by atoms with Gasteiger partial charge in [0.15, 0.2) is 0 Å². The Balaban J connectivity index is 3.13. The molecule has 0 bridgehead atoms. The second kappa shape index (κ2) is 5.89. The summed E-state index contributed by atoms with van der Waals surface area (Å²) in [6.07, 6.45) is 0. The first-order valence-corrected chi connectivity index (χ1v) is 5.07. The summed E-state index contributed by atoms with van der Waals surface area (Å²) in [7, 11) is 2.70. The Morgan fingerprint density at radius 1 is 1.18 bits per heavy atom. The maximum absolute atomic E-state index is 11.5. The lowest BCUT2D eigenvalue weighted by atomic mass is 10.1. The van der Waals surface area contributed by atoms with Gasteiger partial charge in [-0.15, -0.1) is 0 Å². The van der Waals surface area contributed by atoms with Gasteiger partial charge in [-0.1, -0.05) is 0 Å². The highest BCUT2D eigenvalue weighted by atomic mass is 16.5. The van der Waals surface area contributed by atoms with E-state index in [4.69, 9.17) is 9.47 Å². The molecular weight excluding hydrogens is 224 g/mol. The third-order valence-electron chi connectivity index (χ3n) is 2.12. The van der Waals surface area contributed by atoms with Crippen molar-refractivity contribution in [2.75, 3.05) is 20.8 Å². The molecule has 92 valence electrons. The van der Waals surface area contributed by atoms with Crippen LogP contribution in [0.2, 0.25) is 0 Å². The Morgan fingerprint density at radius 2 is 1.88 bits per heavy atom. The van der Waals surface area contributed by atoms with Crippen LogP contribution in [0, 0.1) is 0 Å². The van der Waals surface area contributed by atoms with Crippen LogP contribution >= 0.6 is 0 Å². The van der Waals surface area contributed by atoms with E-state index in [1.165, 1.54) is 32.4 Å². The lowest BCUT2D eigenvalue weighted by molar-refractivity contribution is 0.0526. The van der Waals surface area contributed by atoms with Crippen LogP contribution in [0.3, 0.4) is 0 Å². The molecule has 17 heavy (non-hydrogen) atoms. The summed E-state index contributed by atoms with van der Waals surface area (Å²) in [4.78, 5) is 23.0. The molecule has 0 aliphatic carbocycles. The average molecular weight is 238 g/mol. The zero-order valence-electron chi connectivity index (χ0n) is 9.98. The van der Waals surface area contributed by atoms with Gasteiger partial charge in [0.2, 0.25) is 0 Å². The molecule has 0 N–H and O–H groups in total. The van der Waals surface area contributed by atoms with Gasteiger partial charge in [-0.2, -0.15) is 0 Å². The fourth-order valence-corrected chi connectivity index (χ4v) is 1.32. The number of ether oxygens (including phenoxy) is 3. The molecule has 1 aromatic rings. The summed E-state index contributed by atoms with van der Waals surface area (Å²) in [5, 5.41) is 0. The second-order valence-electron chi connectivity index (χ2n) is 3.13. The van der Waals surface area contributed by atoms with Crippen molar-refractivity contribution in [1.82, 2.24) is 0 Å². The van der Waals surface area contributed by atoms with Crippen molar-refractivity contribution in [3.63, 3.8) is 0 Å². The van der Waals surface area contributed by atoms with Gasteiger partial charge in [0.1, 0.15) is 11.3 Å². The Hall–Kier alpha value is -2.04. The van der Waals surface area contributed by atoms with Crippen molar-refractivity contribution in [2.45, 2.75) is 6.92 Å². The molecule has 0 radical (unpaired) electrons. The molecule has 0 saturated heterocycles. The molecule has 1 rings (SSSR count). The van der Waals surface area contributed by atoms with Crippen LogP contribution in [0.1, 0.15) is 27.6 Å². The molecule has 0 unspecified atom stereocenters. The smallest absolute Gasteiger partial charge is 0.341 e. The molecule has 0 aliphatic rings. The minimum atomic E-state index is -0.562. The quantitative estimate of drug-likeness (QED) is 0.746. The van der Waals surface area contributed by atoms with Gasteiger partial charge < -0.3 is 14.2 Å². The summed E-state index contributed by atoms with van der Waals surface area (Å²) < 4.78 is 14.5. The van der Waals surface area contributed by atoms with E-state index in [-0.39, 0.29) is 17.7 Å². The Kier molecular flexibility index (Phi) is 4.51. The zero-order valence-corrected chi connectivity index (χ0v) is 9.98. The Labute approximate surface area is 99.3 Å². The fourth-order valence-electron chi connectivity index (χ4n) is 1.32. The number of hydrogen-bond donors (Lipinski definition) is 0. The number of benzene rings is 1. The molecule has 0 saturated carbocycles. The maximum atomic E-state index is 11.5. The van der Waals surface area contributed by atoms with E-state index in [1.807, 2.05) is 0 Å². The van der Waals surface area contributed by atoms with Crippen LogP contribution in [-0.4, -0.2) is 32.8 Å². The van der Waals surface area contributed by atoms with Crippen LogP contribution in [-0.2, 0) is 9.47 Å². The van der Waals surface area contributed by atoms with E-state index < -0.39 is 11.9 Å². The van der Waals surface area contributed by atoms with Crippen molar-refractivity contribution in [1.29, 1.82) is 0 Å². The Bertz CT molecular complexity index is 425. The average Bonchev–Trinajstić information content (AvgIpc) is 2.37. The standard InChI is InChI=1S/C12H14O5/c1-4-17-11(13)8-5-6-10(15-2)9(7-8)12(14)16-3/h5-7H,4H2,1-3H3. The van der Waals surface area contributed by atoms with Crippen LogP contribution in [0.4, 0.5) is 0 Å². The van der Waals surface area contributed by atoms with Crippen molar-refractivity contribution in [2.24, 2.45) is 0 Å². The van der Waals surface area contributed by atoms with Gasteiger partial charge in [0.25, 0.3) is 0 Å². The van der Waals surface area contributed by atoms with Crippen molar-refractivity contribution in [3.05, 3.63) is 29.3 Å². The largest absolute Gasteiger partial charge is 0.496 e. The molecule has 1 aromatic carbocycles. The molecule has 0 aliphatic heterocycles. The zero-order chi connectivity index (χ0) is 12.8. The number of hydrogen-bond acceptors (Lipinski definition) is 5. The summed E-state index contributed by atoms with van der Waals surface area (Å²) in [6, 6.07) is 4.45. The van der Waals surface area contributed by atoms with Crippen molar-refractivity contribution < 1.29 is 23.8 Å². The molecule has 0 spiro atoms. The molecule has 0 amide bonds. The number of esters is 2. The monoisotopic (exact) mass is 238 g/mol. The van der Waals surface area contributed by atoms with Gasteiger partial charge in [0, 0.05) is 0 Å². The molecule has 0 aromatic heterocycles. The van der Waals surface area contributed by atoms with E-state index in [0.717, 1.165) is 0 Å². The first-order chi connectivity index (χ1) is 8.13. The van der Waals surface area contributed by atoms with E-state index in [0.29, 0.717) is 5.75 Å². The normalized spacial score (nSPS) is 9.59. The van der Waals surface area contributed by atoms with Crippen molar-refractivity contribution >= 4 is 11.9 Å². The highest BCUT2D eigenvalue weighted by Crippen LogP contribution is 2.21. The summed E-state index contributed by atoms with van der Waals surface area (Å²) >= 11 is 0. The summed E-state index contributed by atoms with van der Waals surface area (Å²) in [5.41, 5.74) is 0.480. The SMILES string of the molecule is CCOC(=O)c1ccc(OC)c(C(=O)OC)c1. The lowest BCUT2D eigenvalue weighted by Gasteiger charge is -2.08. The van der Waals surface area contributed by atoms with Gasteiger partial charge in [-0.3, -0.25) is 0 Å². The maximum Gasteiger partial charge on any atom is 0.341 e. The summed E-state index contributed by atoms with van der Waals surface area (Å²) in [6.45, 7) is 1.99. The molecule has 5 nitrogen and oxygen atoms in total. The minimum Gasteiger partial charge on any atom is -0.496 e. The highest BCUT2D eigenvalue weighted by molar-refractivity contribution is 5.97. The lowest BCUT2D eigenvalue weighted by Crippen LogP contribution is -2.09.